The number of pyridine rings is 1. The zero-order valence-corrected chi connectivity index (χ0v) is 9.07. The molecule has 2 aromatic heterocycles. The Labute approximate surface area is 92.9 Å². The molecule has 0 aromatic carbocycles. The van der Waals surface area contributed by atoms with E-state index in [4.69, 9.17) is 11.6 Å². The molecule has 0 aliphatic heterocycles. The molecule has 0 fully saturated rings. The van der Waals surface area contributed by atoms with E-state index in [2.05, 4.69) is 15.4 Å². The minimum Gasteiger partial charge on any atom is -0.366 e. The van der Waals surface area contributed by atoms with Gasteiger partial charge in [-0.1, -0.05) is 17.7 Å². The van der Waals surface area contributed by atoms with Gasteiger partial charge >= 0.3 is 0 Å². The molecule has 2 rings (SSSR count). The number of hydrogen-bond acceptors (Lipinski definition) is 3. The largest absolute Gasteiger partial charge is 0.366 e. The summed E-state index contributed by atoms with van der Waals surface area (Å²) < 4.78 is 1.78. The van der Waals surface area contributed by atoms with Crippen LogP contribution in [0.5, 0.6) is 0 Å². The van der Waals surface area contributed by atoms with Crippen molar-refractivity contribution >= 4 is 17.4 Å². The van der Waals surface area contributed by atoms with Gasteiger partial charge in [0.05, 0.1) is 6.20 Å². The summed E-state index contributed by atoms with van der Waals surface area (Å²) in [5.74, 6) is 0.977. The normalized spacial score (nSPS) is 10.3. The van der Waals surface area contributed by atoms with E-state index < -0.39 is 0 Å². The maximum atomic E-state index is 5.69. The van der Waals surface area contributed by atoms with Gasteiger partial charge in [0, 0.05) is 25.9 Å². The highest BCUT2D eigenvalue weighted by atomic mass is 35.5. The summed E-state index contributed by atoms with van der Waals surface area (Å²) in [6, 6.07) is 5.64. The van der Waals surface area contributed by atoms with Crippen molar-refractivity contribution in [1.29, 1.82) is 0 Å². The maximum Gasteiger partial charge on any atom is 0.129 e. The van der Waals surface area contributed by atoms with E-state index in [0.29, 0.717) is 11.7 Å². The van der Waals surface area contributed by atoms with Crippen LogP contribution in [0.15, 0.2) is 30.6 Å². The topological polar surface area (TPSA) is 42.7 Å². The van der Waals surface area contributed by atoms with Gasteiger partial charge in [-0.3, -0.25) is 4.68 Å². The number of rotatable bonds is 3. The first-order chi connectivity index (χ1) is 7.25. The van der Waals surface area contributed by atoms with Crippen molar-refractivity contribution in [3.8, 4) is 0 Å². The molecular weight excluding hydrogens is 212 g/mol. The van der Waals surface area contributed by atoms with Crippen molar-refractivity contribution in [2.24, 2.45) is 7.05 Å². The third-order valence-electron chi connectivity index (χ3n) is 2.08. The lowest BCUT2D eigenvalue weighted by atomic mass is 10.3. The molecule has 2 heterocycles. The number of nitrogens with zero attached hydrogens (tertiary/aromatic N) is 3. The van der Waals surface area contributed by atoms with Crippen LogP contribution in [-0.4, -0.2) is 14.8 Å². The number of hydrogen-bond donors (Lipinski definition) is 1. The molecule has 15 heavy (non-hydrogen) atoms. The quantitative estimate of drug-likeness (QED) is 0.809. The van der Waals surface area contributed by atoms with Gasteiger partial charge in [0.2, 0.25) is 0 Å². The van der Waals surface area contributed by atoms with E-state index in [-0.39, 0.29) is 0 Å². The van der Waals surface area contributed by atoms with E-state index >= 15 is 0 Å². The van der Waals surface area contributed by atoms with Crippen molar-refractivity contribution < 1.29 is 0 Å². The average molecular weight is 223 g/mol. The molecule has 0 unspecified atom stereocenters. The number of halogens is 1. The van der Waals surface area contributed by atoms with E-state index in [1.165, 1.54) is 0 Å². The smallest absolute Gasteiger partial charge is 0.129 e. The van der Waals surface area contributed by atoms with Crippen LogP contribution in [0.4, 0.5) is 5.82 Å². The van der Waals surface area contributed by atoms with Gasteiger partial charge in [0.1, 0.15) is 11.0 Å². The number of aromatic nitrogens is 3. The fourth-order valence-corrected chi connectivity index (χ4v) is 1.36. The molecule has 4 nitrogen and oxygen atoms in total. The lowest BCUT2D eigenvalue weighted by Crippen LogP contribution is -2.04. The summed E-state index contributed by atoms with van der Waals surface area (Å²) in [5, 5.41) is 7.82. The predicted octanol–water partition coefficient (Wildman–Crippen LogP) is 2.08. The predicted molar refractivity (Wildman–Crippen MR) is 59.8 cm³/mol. The standard InChI is InChI=1S/C10H11ClN4/c1-15-10(4-5-14-15)13-7-8-2-3-9(11)12-6-8/h2-6,13H,7H2,1H3. The zero-order valence-electron chi connectivity index (χ0n) is 8.31. The number of aryl methyl sites for hydroxylation is 1. The molecule has 1 N–H and O–H groups in total. The van der Waals surface area contributed by atoms with E-state index in [9.17, 15) is 0 Å². The first-order valence-corrected chi connectivity index (χ1v) is 4.96. The highest BCUT2D eigenvalue weighted by Gasteiger charge is 1.98. The summed E-state index contributed by atoms with van der Waals surface area (Å²) in [6.45, 7) is 0.712. The molecule has 0 saturated carbocycles. The summed E-state index contributed by atoms with van der Waals surface area (Å²) in [7, 11) is 1.89. The van der Waals surface area contributed by atoms with Crippen LogP contribution in [0, 0.1) is 0 Å². The molecule has 0 radical (unpaired) electrons. The summed E-state index contributed by atoms with van der Waals surface area (Å²) in [6.07, 6.45) is 3.51. The third kappa shape index (κ3) is 2.47. The Kier molecular flexibility index (Phi) is 2.87. The Balaban J connectivity index is 1.99. The number of nitrogens with one attached hydrogen (secondary N) is 1. The first-order valence-electron chi connectivity index (χ1n) is 4.58. The fourth-order valence-electron chi connectivity index (χ4n) is 1.25. The lowest BCUT2D eigenvalue weighted by Gasteiger charge is -2.05. The minimum atomic E-state index is 0.513. The second-order valence-electron chi connectivity index (χ2n) is 3.18. The molecule has 0 spiro atoms. The molecule has 2 aromatic rings. The molecular formula is C10H11ClN4. The molecule has 0 amide bonds. The summed E-state index contributed by atoms with van der Waals surface area (Å²) >= 11 is 5.69. The third-order valence-corrected chi connectivity index (χ3v) is 2.31. The Hall–Kier alpha value is -1.55. The molecule has 0 aliphatic rings. The van der Waals surface area contributed by atoms with E-state index in [0.717, 1.165) is 11.4 Å². The van der Waals surface area contributed by atoms with Crippen molar-refractivity contribution in [1.82, 2.24) is 14.8 Å². The van der Waals surface area contributed by atoms with Crippen molar-refractivity contribution in [2.45, 2.75) is 6.54 Å². The average Bonchev–Trinajstić information content (AvgIpc) is 2.63. The second-order valence-corrected chi connectivity index (χ2v) is 3.57. The Morgan fingerprint density at radius 3 is 2.87 bits per heavy atom. The van der Waals surface area contributed by atoms with Gasteiger partial charge in [-0.25, -0.2) is 4.98 Å². The van der Waals surface area contributed by atoms with Crippen LogP contribution in [0.3, 0.4) is 0 Å². The van der Waals surface area contributed by atoms with Gasteiger partial charge in [0.15, 0.2) is 0 Å². The molecule has 0 aliphatic carbocycles. The van der Waals surface area contributed by atoms with Gasteiger partial charge < -0.3 is 5.32 Å². The van der Waals surface area contributed by atoms with Crippen LogP contribution in [0.2, 0.25) is 5.15 Å². The Morgan fingerprint density at radius 1 is 1.40 bits per heavy atom. The van der Waals surface area contributed by atoms with Crippen LogP contribution in [0.1, 0.15) is 5.56 Å². The zero-order chi connectivity index (χ0) is 10.7. The highest BCUT2D eigenvalue weighted by Crippen LogP contribution is 2.08. The van der Waals surface area contributed by atoms with Crippen molar-refractivity contribution in [2.75, 3.05) is 5.32 Å². The van der Waals surface area contributed by atoms with Gasteiger partial charge in [-0.2, -0.15) is 5.10 Å². The SMILES string of the molecule is Cn1nccc1NCc1ccc(Cl)nc1. The first kappa shape index (κ1) is 9.98. The Morgan fingerprint density at radius 2 is 2.27 bits per heavy atom. The van der Waals surface area contributed by atoms with Crippen molar-refractivity contribution in [3.05, 3.63) is 41.3 Å². The highest BCUT2D eigenvalue weighted by molar-refractivity contribution is 6.29. The van der Waals surface area contributed by atoms with Crippen LogP contribution in [-0.2, 0) is 13.6 Å². The van der Waals surface area contributed by atoms with Crippen LogP contribution in [0.25, 0.3) is 0 Å². The fraction of sp³-hybridized carbons (Fsp3) is 0.200. The van der Waals surface area contributed by atoms with Gasteiger partial charge in [-0.05, 0) is 11.6 Å². The number of anilines is 1. The molecule has 78 valence electrons. The second kappa shape index (κ2) is 4.31. The van der Waals surface area contributed by atoms with Crippen molar-refractivity contribution in [3.63, 3.8) is 0 Å². The lowest BCUT2D eigenvalue weighted by molar-refractivity contribution is 0.768. The molecule has 0 atom stereocenters. The Bertz CT molecular complexity index is 435. The summed E-state index contributed by atoms with van der Waals surface area (Å²) in [4.78, 5) is 4.00. The van der Waals surface area contributed by atoms with Gasteiger partial charge in [-0.15, -0.1) is 0 Å². The van der Waals surface area contributed by atoms with E-state index in [1.54, 1.807) is 23.1 Å². The molecule has 5 heteroatoms. The summed E-state index contributed by atoms with van der Waals surface area (Å²) in [5.41, 5.74) is 1.08. The van der Waals surface area contributed by atoms with Crippen LogP contribution >= 0.6 is 11.6 Å². The van der Waals surface area contributed by atoms with Crippen LogP contribution < -0.4 is 5.32 Å². The van der Waals surface area contributed by atoms with E-state index in [1.807, 2.05) is 19.2 Å². The molecule has 0 bridgehead atoms. The minimum absolute atomic E-state index is 0.513. The monoisotopic (exact) mass is 222 g/mol. The maximum absolute atomic E-state index is 5.69. The molecule has 0 saturated heterocycles. The van der Waals surface area contributed by atoms with Gasteiger partial charge in [0.25, 0.3) is 0 Å².